The Hall–Kier alpha value is -1.35. The van der Waals surface area contributed by atoms with Gasteiger partial charge in [-0.1, -0.05) is 23.2 Å². The highest BCUT2D eigenvalue weighted by atomic mass is 35.5. The smallest absolute Gasteiger partial charge is 0.263 e. The van der Waals surface area contributed by atoms with E-state index >= 15 is 0 Å². The Kier molecular flexibility index (Phi) is 4.91. The van der Waals surface area contributed by atoms with Gasteiger partial charge in [0, 0.05) is 6.26 Å². The maximum Gasteiger partial charge on any atom is 0.263 e. The van der Waals surface area contributed by atoms with Crippen LogP contribution in [-0.4, -0.2) is 23.1 Å². The lowest BCUT2D eigenvalue weighted by Crippen LogP contribution is -2.14. The van der Waals surface area contributed by atoms with Crippen LogP contribution in [0.2, 0.25) is 10.0 Å². The molecule has 2 rings (SSSR count). The molecule has 0 aliphatic carbocycles. The van der Waals surface area contributed by atoms with Crippen LogP contribution in [0.4, 0.5) is 10.1 Å². The first-order valence-corrected chi connectivity index (χ1v) is 10.1. The van der Waals surface area contributed by atoms with E-state index in [1.165, 1.54) is 18.2 Å². The van der Waals surface area contributed by atoms with E-state index in [0.29, 0.717) is 0 Å². The number of benzene rings is 2. The van der Waals surface area contributed by atoms with Crippen molar-refractivity contribution in [1.29, 1.82) is 0 Å². The molecule has 10 heteroatoms. The van der Waals surface area contributed by atoms with Crippen molar-refractivity contribution in [3.63, 3.8) is 0 Å². The summed E-state index contributed by atoms with van der Waals surface area (Å²) < 4.78 is 63.1. The zero-order chi connectivity index (χ0) is 17.4. The molecule has 0 unspecified atom stereocenters. The molecule has 1 N–H and O–H groups in total. The van der Waals surface area contributed by atoms with Crippen molar-refractivity contribution < 1.29 is 21.2 Å². The fourth-order valence-electron chi connectivity index (χ4n) is 1.69. The summed E-state index contributed by atoms with van der Waals surface area (Å²) in [5, 5.41) is -0.417. The number of nitrogens with one attached hydrogen (secondary N) is 1. The molecule has 0 radical (unpaired) electrons. The van der Waals surface area contributed by atoms with Gasteiger partial charge in [0.05, 0.1) is 20.6 Å². The van der Waals surface area contributed by atoms with E-state index in [1.54, 1.807) is 0 Å². The minimum atomic E-state index is -4.18. The van der Waals surface area contributed by atoms with Gasteiger partial charge in [0.15, 0.2) is 9.84 Å². The highest BCUT2D eigenvalue weighted by molar-refractivity contribution is 7.93. The van der Waals surface area contributed by atoms with Gasteiger partial charge in [-0.3, -0.25) is 4.72 Å². The van der Waals surface area contributed by atoms with Gasteiger partial charge in [0.1, 0.15) is 10.7 Å². The number of rotatable bonds is 4. The Morgan fingerprint density at radius 2 is 1.61 bits per heavy atom. The number of anilines is 1. The molecular formula is C13H10Cl2FNO4S2. The molecule has 0 spiro atoms. The predicted octanol–water partition coefficient (Wildman–Crippen LogP) is 3.34. The summed E-state index contributed by atoms with van der Waals surface area (Å²) in [7, 11) is -7.79. The Bertz CT molecular complexity index is 975. The van der Waals surface area contributed by atoms with E-state index in [0.717, 1.165) is 24.5 Å². The molecule has 0 aliphatic rings. The van der Waals surface area contributed by atoms with Crippen LogP contribution in [-0.2, 0) is 19.9 Å². The minimum absolute atomic E-state index is 0.0113. The molecule has 0 saturated heterocycles. The first kappa shape index (κ1) is 18.0. The predicted molar refractivity (Wildman–Crippen MR) is 86.8 cm³/mol. The number of halogens is 3. The van der Waals surface area contributed by atoms with Crippen LogP contribution < -0.4 is 4.72 Å². The molecule has 0 aromatic heterocycles. The Balaban J connectivity index is 2.49. The van der Waals surface area contributed by atoms with E-state index in [1.807, 2.05) is 0 Å². The van der Waals surface area contributed by atoms with Gasteiger partial charge in [-0.25, -0.2) is 21.2 Å². The lowest BCUT2D eigenvalue weighted by Gasteiger charge is -2.11. The quantitative estimate of drug-likeness (QED) is 0.857. The zero-order valence-corrected chi connectivity index (χ0v) is 14.7. The van der Waals surface area contributed by atoms with Gasteiger partial charge < -0.3 is 0 Å². The average Bonchev–Trinajstić information content (AvgIpc) is 2.41. The summed E-state index contributed by atoms with van der Waals surface area (Å²) in [5.41, 5.74) is 0.0113. The standard InChI is InChI=1S/C13H10Cl2FNO4S2/c1-22(18,19)9-3-4-10(14)13(7-9)23(20,21)17-8-2-5-12(16)11(15)6-8/h2-7,17H,1H3. The molecule has 0 amide bonds. The molecule has 0 atom stereocenters. The summed E-state index contributed by atoms with van der Waals surface area (Å²) in [4.78, 5) is -0.609. The summed E-state index contributed by atoms with van der Waals surface area (Å²) in [6, 6.07) is 6.57. The van der Waals surface area contributed by atoms with Crippen molar-refractivity contribution in [2.24, 2.45) is 0 Å². The Morgan fingerprint density at radius 3 is 2.17 bits per heavy atom. The molecule has 124 valence electrons. The fraction of sp³-hybridized carbons (Fsp3) is 0.0769. The van der Waals surface area contributed by atoms with Crippen molar-refractivity contribution in [3.8, 4) is 0 Å². The molecule has 23 heavy (non-hydrogen) atoms. The van der Waals surface area contributed by atoms with Crippen molar-refractivity contribution >= 4 is 48.7 Å². The normalized spacial score (nSPS) is 12.2. The maximum atomic E-state index is 13.1. The largest absolute Gasteiger partial charge is 0.280 e. The molecule has 0 bridgehead atoms. The van der Waals surface area contributed by atoms with Crippen LogP contribution in [0.5, 0.6) is 0 Å². The van der Waals surface area contributed by atoms with Crippen LogP contribution in [0.1, 0.15) is 0 Å². The van der Waals surface area contributed by atoms with Gasteiger partial charge in [-0.05, 0) is 36.4 Å². The molecule has 0 aliphatic heterocycles. The van der Waals surface area contributed by atoms with Crippen molar-refractivity contribution in [3.05, 3.63) is 52.3 Å². The monoisotopic (exact) mass is 397 g/mol. The Morgan fingerprint density at radius 1 is 0.957 bits per heavy atom. The molecule has 2 aromatic carbocycles. The average molecular weight is 398 g/mol. The number of hydrogen-bond donors (Lipinski definition) is 1. The third-order valence-electron chi connectivity index (χ3n) is 2.79. The fourth-order valence-corrected chi connectivity index (χ4v) is 4.17. The van der Waals surface area contributed by atoms with E-state index in [9.17, 15) is 21.2 Å². The third kappa shape index (κ3) is 4.14. The summed E-state index contributed by atoms with van der Waals surface area (Å²) in [6.45, 7) is 0. The first-order chi connectivity index (χ1) is 10.5. The highest BCUT2D eigenvalue weighted by Gasteiger charge is 2.21. The first-order valence-electron chi connectivity index (χ1n) is 5.98. The van der Waals surface area contributed by atoms with Gasteiger partial charge in [0.25, 0.3) is 10.0 Å². The number of sulfonamides is 1. The second kappa shape index (κ2) is 6.27. The molecule has 0 saturated carbocycles. The SMILES string of the molecule is CS(=O)(=O)c1ccc(Cl)c(S(=O)(=O)Nc2ccc(F)c(Cl)c2)c1. The minimum Gasteiger partial charge on any atom is -0.280 e. The summed E-state index contributed by atoms with van der Waals surface area (Å²) in [5.74, 6) is -0.702. The number of sulfone groups is 1. The lowest BCUT2D eigenvalue weighted by molar-refractivity contribution is 0.599. The number of hydrogen-bond acceptors (Lipinski definition) is 4. The van der Waals surface area contributed by atoms with Crippen LogP contribution in [0.25, 0.3) is 0 Å². The van der Waals surface area contributed by atoms with E-state index in [-0.39, 0.29) is 20.6 Å². The van der Waals surface area contributed by atoms with E-state index in [4.69, 9.17) is 23.2 Å². The molecule has 0 heterocycles. The van der Waals surface area contributed by atoms with Crippen LogP contribution in [0.15, 0.2) is 46.2 Å². The topological polar surface area (TPSA) is 80.3 Å². The maximum absolute atomic E-state index is 13.1. The third-order valence-corrected chi connectivity index (χ3v) is 6.05. The van der Waals surface area contributed by atoms with Crippen molar-refractivity contribution in [1.82, 2.24) is 0 Å². The van der Waals surface area contributed by atoms with Gasteiger partial charge >= 0.3 is 0 Å². The van der Waals surface area contributed by atoms with Crippen molar-refractivity contribution in [2.75, 3.05) is 11.0 Å². The molecule has 0 fully saturated rings. The molecule has 2 aromatic rings. The summed E-state index contributed by atoms with van der Waals surface area (Å²) in [6.07, 6.45) is 0.944. The lowest BCUT2D eigenvalue weighted by atomic mass is 10.3. The van der Waals surface area contributed by atoms with Gasteiger partial charge in [-0.2, -0.15) is 0 Å². The van der Waals surface area contributed by atoms with Gasteiger partial charge in [-0.15, -0.1) is 0 Å². The molecular weight excluding hydrogens is 388 g/mol. The summed E-state index contributed by atoms with van der Waals surface area (Å²) >= 11 is 11.4. The van der Waals surface area contributed by atoms with Crippen LogP contribution in [0, 0.1) is 5.82 Å². The van der Waals surface area contributed by atoms with Crippen LogP contribution in [0.3, 0.4) is 0 Å². The van der Waals surface area contributed by atoms with Crippen LogP contribution >= 0.6 is 23.2 Å². The highest BCUT2D eigenvalue weighted by Crippen LogP contribution is 2.28. The molecule has 5 nitrogen and oxygen atoms in total. The van der Waals surface area contributed by atoms with E-state index < -0.39 is 30.6 Å². The second-order valence-electron chi connectivity index (χ2n) is 4.60. The van der Waals surface area contributed by atoms with Gasteiger partial charge in [0.2, 0.25) is 0 Å². The van der Waals surface area contributed by atoms with Crippen molar-refractivity contribution in [2.45, 2.75) is 9.79 Å². The van der Waals surface area contributed by atoms with E-state index in [2.05, 4.69) is 4.72 Å². The zero-order valence-electron chi connectivity index (χ0n) is 11.5. The Labute approximate surface area is 143 Å². The second-order valence-corrected chi connectivity index (χ2v) is 9.08.